The Morgan fingerprint density at radius 3 is 2.57 bits per heavy atom. The molecule has 3 amide bonds. The number of hydrogen-bond donors (Lipinski definition) is 2. The van der Waals surface area contributed by atoms with Crippen LogP contribution in [0.2, 0.25) is 5.02 Å². The average Bonchev–Trinajstić information content (AvgIpc) is 2.42. The molecule has 1 aromatic carbocycles. The number of anilines is 1. The quantitative estimate of drug-likeness (QED) is 0.817. The number of nitrogens with one attached hydrogen (secondary N) is 2. The third-order valence-corrected chi connectivity index (χ3v) is 3.44. The minimum Gasteiger partial charge on any atom is -0.325 e. The maximum absolute atomic E-state index is 12.1. The summed E-state index contributed by atoms with van der Waals surface area (Å²) in [6.07, 6.45) is 0. The van der Waals surface area contributed by atoms with Crippen molar-refractivity contribution in [3.05, 3.63) is 29.3 Å². The third-order valence-electron chi connectivity index (χ3n) is 3.19. The van der Waals surface area contributed by atoms with Crippen molar-refractivity contribution >= 4 is 35.0 Å². The molecule has 0 atom stereocenters. The van der Waals surface area contributed by atoms with Gasteiger partial charge < -0.3 is 5.32 Å². The molecule has 1 aromatic rings. The van der Waals surface area contributed by atoms with Crippen molar-refractivity contribution < 1.29 is 14.4 Å². The van der Waals surface area contributed by atoms with E-state index in [4.69, 9.17) is 11.6 Å². The van der Waals surface area contributed by atoms with Crippen LogP contribution in [0.4, 0.5) is 5.69 Å². The van der Waals surface area contributed by atoms with Crippen LogP contribution in [0.5, 0.6) is 0 Å². The van der Waals surface area contributed by atoms with Crippen LogP contribution >= 0.6 is 11.6 Å². The predicted molar refractivity (Wildman–Crippen MR) is 78.9 cm³/mol. The molecule has 0 bridgehead atoms. The summed E-state index contributed by atoms with van der Waals surface area (Å²) in [6.45, 7) is 3.08. The summed E-state index contributed by atoms with van der Waals surface area (Å²) in [5.74, 6) is -1.26. The standard InChI is InChI=1S/C14H16ClN3O3/c1-14(2)13(21)18(12(20)7-16-14)8-11(19)17-10-5-3-9(15)4-6-10/h3-6,16H,7-8H2,1-2H3,(H,17,19). The van der Waals surface area contributed by atoms with Gasteiger partial charge in [-0.25, -0.2) is 0 Å². The first kappa shape index (κ1) is 15.5. The molecule has 21 heavy (non-hydrogen) atoms. The van der Waals surface area contributed by atoms with Crippen LogP contribution in [0.15, 0.2) is 24.3 Å². The Bertz CT molecular complexity index is 584. The molecule has 0 radical (unpaired) electrons. The molecule has 2 N–H and O–H groups in total. The number of carbonyl (C=O) groups is 3. The lowest BCUT2D eigenvalue weighted by Gasteiger charge is -2.36. The van der Waals surface area contributed by atoms with Crippen LogP contribution in [0.25, 0.3) is 0 Å². The number of nitrogens with zero attached hydrogens (tertiary/aromatic N) is 1. The van der Waals surface area contributed by atoms with Gasteiger partial charge >= 0.3 is 0 Å². The Kier molecular flexibility index (Phi) is 4.29. The second-order valence-electron chi connectivity index (χ2n) is 5.32. The molecule has 1 aliphatic rings. The van der Waals surface area contributed by atoms with Crippen LogP contribution in [-0.2, 0) is 14.4 Å². The van der Waals surface area contributed by atoms with Gasteiger partial charge in [0.25, 0.3) is 0 Å². The fourth-order valence-corrected chi connectivity index (χ4v) is 2.08. The van der Waals surface area contributed by atoms with Crippen molar-refractivity contribution in [3.63, 3.8) is 0 Å². The van der Waals surface area contributed by atoms with Crippen LogP contribution in [-0.4, -0.2) is 41.2 Å². The predicted octanol–water partition coefficient (Wildman–Crippen LogP) is 1.02. The molecule has 0 saturated carbocycles. The fourth-order valence-electron chi connectivity index (χ4n) is 1.96. The SMILES string of the molecule is CC1(C)NCC(=O)N(CC(=O)Nc2ccc(Cl)cc2)C1=O. The normalized spacial score (nSPS) is 17.8. The lowest BCUT2D eigenvalue weighted by Crippen LogP contribution is -2.64. The molecule has 0 aromatic heterocycles. The summed E-state index contributed by atoms with van der Waals surface area (Å²) >= 11 is 5.76. The molecule has 112 valence electrons. The Morgan fingerprint density at radius 1 is 1.33 bits per heavy atom. The highest BCUT2D eigenvalue weighted by Crippen LogP contribution is 2.15. The number of hydrogen-bond acceptors (Lipinski definition) is 4. The minimum absolute atomic E-state index is 0.0347. The molecule has 6 nitrogen and oxygen atoms in total. The zero-order chi connectivity index (χ0) is 15.6. The van der Waals surface area contributed by atoms with E-state index in [9.17, 15) is 14.4 Å². The van der Waals surface area contributed by atoms with E-state index >= 15 is 0 Å². The van der Waals surface area contributed by atoms with Gasteiger partial charge in [-0.3, -0.25) is 24.6 Å². The van der Waals surface area contributed by atoms with Gasteiger partial charge in [-0.1, -0.05) is 11.6 Å². The van der Waals surface area contributed by atoms with E-state index in [1.165, 1.54) is 0 Å². The largest absolute Gasteiger partial charge is 0.325 e. The van der Waals surface area contributed by atoms with Gasteiger partial charge in [0, 0.05) is 10.7 Å². The van der Waals surface area contributed by atoms with Crippen molar-refractivity contribution in [1.82, 2.24) is 10.2 Å². The Balaban J connectivity index is 2.02. The summed E-state index contributed by atoms with van der Waals surface area (Å²) < 4.78 is 0. The second-order valence-corrected chi connectivity index (χ2v) is 5.76. The molecule has 0 spiro atoms. The first-order valence-corrected chi connectivity index (χ1v) is 6.82. The van der Waals surface area contributed by atoms with E-state index < -0.39 is 23.3 Å². The number of rotatable bonds is 3. The van der Waals surface area contributed by atoms with Crippen molar-refractivity contribution in [2.24, 2.45) is 0 Å². The van der Waals surface area contributed by atoms with Gasteiger partial charge in [-0.2, -0.15) is 0 Å². The maximum atomic E-state index is 12.1. The topological polar surface area (TPSA) is 78.5 Å². The monoisotopic (exact) mass is 309 g/mol. The van der Waals surface area contributed by atoms with Crippen LogP contribution in [0, 0.1) is 0 Å². The van der Waals surface area contributed by atoms with E-state index in [2.05, 4.69) is 10.6 Å². The van der Waals surface area contributed by atoms with Crippen molar-refractivity contribution in [2.75, 3.05) is 18.4 Å². The van der Waals surface area contributed by atoms with E-state index in [0.717, 1.165) is 4.90 Å². The molecule has 2 rings (SSSR count). The number of amides is 3. The number of benzene rings is 1. The van der Waals surface area contributed by atoms with Crippen LogP contribution < -0.4 is 10.6 Å². The average molecular weight is 310 g/mol. The summed E-state index contributed by atoms with van der Waals surface area (Å²) in [5.41, 5.74) is -0.298. The van der Waals surface area contributed by atoms with Crippen LogP contribution in [0.3, 0.4) is 0 Å². The number of carbonyl (C=O) groups excluding carboxylic acids is 3. The van der Waals surface area contributed by atoms with Gasteiger partial charge in [0.2, 0.25) is 17.7 Å². The van der Waals surface area contributed by atoms with Gasteiger partial charge in [0.1, 0.15) is 6.54 Å². The molecule has 0 aliphatic carbocycles. The van der Waals surface area contributed by atoms with Crippen molar-refractivity contribution in [2.45, 2.75) is 19.4 Å². The summed E-state index contributed by atoms with van der Waals surface area (Å²) in [4.78, 5) is 36.8. The molecule has 1 fully saturated rings. The van der Waals surface area contributed by atoms with Gasteiger partial charge in [0.05, 0.1) is 12.1 Å². The molecule has 1 heterocycles. The Morgan fingerprint density at radius 2 is 1.95 bits per heavy atom. The van der Waals surface area contributed by atoms with E-state index in [1.807, 2.05) is 0 Å². The zero-order valence-electron chi connectivity index (χ0n) is 11.8. The zero-order valence-corrected chi connectivity index (χ0v) is 12.5. The smallest absolute Gasteiger partial charge is 0.249 e. The Labute approximate surface area is 127 Å². The van der Waals surface area contributed by atoms with Gasteiger partial charge in [-0.15, -0.1) is 0 Å². The highest BCUT2D eigenvalue weighted by molar-refractivity contribution is 6.30. The summed E-state index contributed by atoms with van der Waals surface area (Å²) in [7, 11) is 0. The maximum Gasteiger partial charge on any atom is 0.249 e. The van der Waals surface area contributed by atoms with Gasteiger partial charge in [-0.05, 0) is 38.1 Å². The summed E-state index contributed by atoms with van der Waals surface area (Å²) in [5, 5.41) is 6.01. The number of imide groups is 1. The highest BCUT2D eigenvalue weighted by Gasteiger charge is 2.40. The second kappa shape index (κ2) is 5.83. The third kappa shape index (κ3) is 3.59. The molecule has 1 saturated heterocycles. The van der Waals surface area contributed by atoms with Crippen molar-refractivity contribution in [3.8, 4) is 0 Å². The lowest BCUT2D eigenvalue weighted by atomic mass is 10.0. The summed E-state index contributed by atoms with van der Waals surface area (Å²) in [6, 6.07) is 6.57. The van der Waals surface area contributed by atoms with Crippen molar-refractivity contribution in [1.29, 1.82) is 0 Å². The number of piperazine rings is 1. The van der Waals surface area contributed by atoms with E-state index in [-0.39, 0.29) is 13.1 Å². The minimum atomic E-state index is -0.853. The molecule has 1 aliphatic heterocycles. The van der Waals surface area contributed by atoms with E-state index in [0.29, 0.717) is 10.7 Å². The van der Waals surface area contributed by atoms with E-state index in [1.54, 1.807) is 38.1 Å². The first-order valence-electron chi connectivity index (χ1n) is 6.45. The molecule has 0 unspecified atom stereocenters. The molecular weight excluding hydrogens is 294 g/mol. The van der Waals surface area contributed by atoms with Gasteiger partial charge in [0.15, 0.2) is 0 Å². The highest BCUT2D eigenvalue weighted by atomic mass is 35.5. The first-order chi connectivity index (χ1) is 9.79. The molecular formula is C14H16ClN3O3. The molecule has 7 heteroatoms. The fraction of sp³-hybridized carbons (Fsp3) is 0.357. The Hall–Kier alpha value is -1.92. The lowest BCUT2D eigenvalue weighted by molar-refractivity contribution is -0.154. The van der Waals surface area contributed by atoms with Crippen LogP contribution in [0.1, 0.15) is 13.8 Å². The number of halogens is 1.